The molecule has 0 aliphatic rings. The number of hydrazine groups is 1. The molecular weight excluding hydrogens is 472 g/mol. The number of carbonyl (C=O) groups excluding carboxylic acids is 2. The third kappa shape index (κ3) is 8.93. The van der Waals surface area contributed by atoms with Crippen molar-refractivity contribution in [2.45, 2.75) is 38.0 Å². The van der Waals surface area contributed by atoms with E-state index < -0.39 is 35.1 Å². The first-order valence-electron chi connectivity index (χ1n) is 11.0. The highest BCUT2D eigenvalue weighted by Gasteiger charge is 2.42. The van der Waals surface area contributed by atoms with Gasteiger partial charge < -0.3 is 26.6 Å². The number of ether oxygens (including phenoxy) is 1. The summed E-state index contributed by atoms with van der Waals surface area (Å²) in [5.74, 6) is -3.02. The standard InChI is InChI=1S/C23H28N6O7/c24-22(25)26-13-7-12-19(21(31)32)28(29(34)35)20(30)18(14-16-8-3-1-4-9-16)27-23(33)36-15-17-10-5-2-6-11-17/h1-6,8-11,18-19H,7,12-15H2,(H,27,33)(H,31,32)(H4,24,25,26)/t18-,19?/m1/s1. The molecule has 13 nitrogen and oxygen atoms in total. The first kappa shape index (κ1) is 27.6. The number of hydrogen-bond donors (Lipinski definition) is 4. The Morgan fingerprint density at radius 1 is 1.06 bits per heavy atom. The van der Waals surface area contributed by atoms with Gasteiger partial charge in [-0.3, -0.25) is 9.79 Å². The van der Waals surface area contributed by atoms with E-state index in [9.17, 15) is 29.6 Å². The lowest BCUT2D eigenvalue weighted by molar-refractivity contribution is -0.640. The van der Waals surface area contributed by atoms with Gasteiger partial charge in [0, 0.05) is 13.0 Å². The molecule has 6 N–H and O–H groups in total. The zero-order valence-electron chi connectivity index (χ0n) is 19.4. The van der Waals surface area contributed by atoms with Crippen molar-refractivity contribution >= 4 is 23.9 Å². The Labute approximate surface area is 206 Å². The smallest absolute Gasteiger partial charge is 0.408 e. The minimum atomic E-state index is -1.82. The second-order valence-corrected chi connectivity index (χ2v) is 7.67. The number of benzene rings is 2. The van der Waals surface area contributed by atoms with E-state index in [1.807, 2.05) is 0 Å². The van der Waals surface area contributed by atoms with Gasteiger partial charge in [-0.2, -0.15) is 0 Å². The molecule has 2 aromatic rings. The third-order valence-corrected chi connectivity index (χ3v) is 5.00. The van der Waals surface area contributed by atoms with Crippen LogP contribution >= 0.6 is 0 Å². The number of guanidine groups is 1. The molecule has 0 aliphatic carbocycles. The highest BCUT2D eigenvalue weighted by molar-refractivity contribution is 5.88. The van der Waals surface area contributed by atoms with Gasteiger partial charge in [0.15, 0.2) is 17.0 Å². The highest BCUT2D eigenvalue weighted by Crippen LogP contribution is 2.14. The van der Waals surface area contributed by atoms with Crippen LogP contribution in [-0.2, 0) is 27.4 Å². The summed E-state index contributed by atoms with van der Waals surface area (Å²) < 4.78 is 5.15. The van der Waals surface area contributed by atoms with Crippen LogP contribution in [0.25, 0.3) is 0 Å². The summed E-state index contributed by atoms with van der Waals surface area (Å²) in [5, 5.41) is 22.7. The number of hydrogen-bond acceptors (Lipinski definition) is 7. The Balaban J connectivity index is 2.23. The molecule has 0 aliphatic heterocycles. The molecule has 0 fully saturated rings. The molecule has 0 saturated carbocycles. The van der Waals surface area contributed by atoms with Crippen LogP contribution in [0.1, 0.15) is 24.0 Å². The fourth-order valence-electron chi connectivity index (χ4n) is 3.31. The SMILES string of the molecule is NC(N)=NCCCC(C(=O)O)N(C(=O)[C@@H](Cc1ccccc1)NC(=O)OCc1ccccc1)[N+](=O)[O-]. The van der Waals surface area contributed by atoms with Crippen LogP contribution in [0.2, 0.25) is 0 Å². The number of carboxylic acid groups (broad SMARTS) is 1. The van der Waals surface area contributed by atoms with Crippen LogP contribution in [0.3, 0.4) is 0 Å². The van der Waals surface area contributed by atoms with Gasteiger partial charge in [-0.1, -0.05) is 60.7 Å². The molecule has 192 valence electrons. The Kier molecular flexibility index (Phi) is 10.6. The lowest BCUT2D eigenvalue weighted by atomic mass is 10.0. The lowest BCUT2D eigenvalue weighted by Gasteiger charge is -2.24. The minimum Gasteiger partial charge on any atom is -0.480 e. The van der Waals surface area contributed by atoms with E-state index in [0.717, 1.165) is 0 Å². The summed E-state index contributed by atoms with van der Waals surface area (Å²) in [6, 6.07) is 13.9. The van der Waals surface area contributed by atoms with E-state index in [1.165, 1.54) is 0 Å². The van der Waals surface area contributed by atoms with Gasteiger partial charge in [0.2, 0.25) is 0 Å². The molecule has 0 heterocycles. The molecule has 13 heteroatoms. The molecule has 0 aromatic heterocycles. The number of amides is 2. The number of nitrogens with zero attached hydrogens (tertiary/aromatic N) is 3. The highest BCUT2D eigenvalue weighted by atomic mass is 16.7. The van der Waals surface area contributed by atoms with Crippen molar-refractivity contribution in [1.29, 1.82) is 0 Å². The van der Waals surface area contributed by atoms with Gasteiger partial charge in [-0.25, -0.2) is 19.7 Å². The quantitative estimate of drug-likeness (QED) is 0.102. The molecule has 2 rings (SSSR count). The maximum Gasteiger partial charge on any atom is 0.408 e. The fourth-order valence-corrected chi connectivity index (χ4v) is 3.31. The Bertz CT molecular complexity index is 1060. The van der Waals surface area contributed by atoms with Crippen LogP contribution in [0.15, 0.2) is 65.7 Å². The van der Waals surface area contributed by atoms with Crippen LogP contribution in [0.5, 0.6) is 0 Å². The van der Waals surface area contributed by atoms with Crippen molar-refractivity contribution in [2.24, 2.45) is 16.5 Å². The van der Waals surface area contributed by atoms with Gasteiger partial charge in [0.25, 0.3) is 0 Å². The molecule has 1 unspecified atom stereocenters. The number of aliphatic imine (C=N–C) groups is 1. The Hall–Kier alpha value is -4.68. The van der Waals surface area contributed by atoms with Crippen LogP contribution < -0.4 is 16.8 Å². The zero-order chi connectivity index (χ0) is 26.5. The summed E-state index contributed by atoms with van der Waals surface area (Å²) in [5.41, 5.74) is 11.7. The van der Waals surface area contributed by atoms with Crippen LogP contribution in [-0.4, -0.2) is 57.7 Å². The summed E-state index contributed by atoms with van der Waals surface area (Å²) in [4.78, 5) is 53.1. The van der Waals surface area contributed by atoms with E-state index >= 15 is 0 Å². The van der Waals surface area contributed by atoms with Crippen LogP contribution in [0.4, 0.5) is 4.79 Å². The second kappa shape index (κ2) is 13.9. The number of nitrogens with one attached hydrogen (secondary N) is 1. The number of carboxylic acids is 1. The summed E-state index contributed by atoms with van der Waals surface area (Å²) in [6.07, 6.45) is -1.36. The molecule has 2 atom stereocenters. The van der Waals surface area contributed by atoms with E-state index in [4.69, 9.17) is 16.2 Å². The van der Waals surface area contributed by atoms with Gasteiger partial charge in [0.1, 0.15) is 12.6 Å². The Morgan fingerprint density at radius 3 is 2.17 bits per heavy atom. The van der Waals surface area contributed by atoms with Gasteiger partial charge in [-0.15, -0.1) is 0 Å². The van der Waals surface area contributed by atoms with Crippen molar-refractivity contribution in [3.05, 3.63) is 81.9 Å². The van der Waals surface area contributed by atoms with E-state index in [0.29, 0.717) is 11.1 Å². The maximum atomic E-state index is 13.3. The van der Waals surface area contributed by atoms with Crippen molar-refractivity contribution in [3.63, 3.8) is 0 Å². The third-order valence-electron chi connectivity index (χ3n) is 5.00. The Morgan fingerprint density at radius 2 is 1.64 bits per heavy atom. The van der Waals surface area contributed by atoms with Crippen molar-refractivity contribution in [3.8, 4) is 0 Å². The van der Waals surface area contributed by atoms with Gasteiger partial charge >= 0.3 is 18.0 Å². The molecule has 0 saturated heterocycles. The van der Waals surface area contributed by atoms with E-state index in [-0.39, 0.29) is 43.4 Å². The number of aliphatic carboxylic acids is 1. The summed E-state index contributed by atoms with van der Waals surface area (Å²) >= 11 is 0. The molecule has 0 bridgehead atoms. The number of nitro groups is 1. The van der Waals surface area contributed by atoms with Crippen LogP contribution in [0, 0.1) is 10.1 Å². The van der Waals surface area contributed by atoms with Crippen molar-refractivity contribution in [2.75, 3.05) is 6.54 Å². The van der Waals surface area contributed by atoms with Crippen molar-refractivity contribution < 1.29 is 29.3 Å². The molecule has 2 amide bonds. The molecule has 0 spiro atoms. The second-order valence-electron chi connectivity index (χ2n) is 7.67. The van der Waals surface area contributed by atoms with E-state index in [1.54, 1.807) is 60.7 Å². The predicted molar refractivity (Wildman–Crippen MR) is 129 cm³/mol. The summed E-state index contributed by atoms with van der Waals surface area (Å²) in [7, 11) is 0. The average molecular weight is 501 g/mol. The minimum absolute atomic E-state index is 0.0168. The van der Waals surface area contributed by atoms with Gasteiger partial charge in [-0.05, 0) is 29.0 Å². The number of carbonyl (C=O) groups is 3. The topological polar surface area (TPSA) is 203 Å². The van der Waals surface area contributed by atoms with Gasteiger partial charge in [0.05, 0.1) is 0 Å². The molecule has 36 heavy (non-hydrogen) atoms. The fraction of sp³-hybridized carbons (Fsp3) is 0.304. The first-order valence-corrected chi connectivity index (χ1v) is 11.0. The predicted octanol–water partition coefficient (Wildman–Crippen LogP) is 1.05. The number of nitrogens with two attached hydrogens (primary N) is 2. The molecule has 2 aromatic carbocycles. The maximum absolute atomic E-state index is 13.3. The number of rotatable bonds is 13. The first-order chi connectivity index (χ1) is 17.2. The largest absolute Gasteiger partial charge is 0.480 e. The van der Waals surface area contributed by atoms with E-state index in [2.05, 4.69) is 10.3 Å². The lowest BCUT2D eigenvalue weighted by Crippen LogP contribution is -2.56. The van der Waals surface area contributed by atoms with Crippen molar-refractivity contribution in [1.82, 2.24) is 10.3 Å². The molecular formula is C23H28N6O7. The zero-order valence-corrected chi connectivity index (χ0v) is 19.4. The average Bonchev–Trinajstić information content (AvgIpc) is 2.84. The number of alkyl carbamates (subject to hydrolysis) is 1. The summed E-state index contributed by atoms with van der Waals surface area (Å²) in [6.45, 7) is -0.0796. The molecule has 0 radical (unpaired) electrons. The normalized spacial score (nSPS) is 12.0. The monoisotopic (exact) mass is 500 g/mol.